The van der Waals surface area contributed by atoms with Gasteiger partial charge in [0.25, 0.3) is 11.8 Å². The number of amides is 2. The van der Waals surface area contributed by atoms with E-state index in [-0.39, 0.29) is 23.8 Å². The molecule has 0 fully saturated rings. The van der Waals surface area contributed by atoms with Crippen molar-refractivity contribution in [3.8, 4) is 0 Å². The molecule has 1 atom stereocenters. The summed E-state index contributed by atoms with van der Waals surface area (Å²) >= 11 is 1.59. The van der Waals surface area contributed by atoms with Crippen LogP contribution in [-0.4, -0.2) is 34.8 Å². The van der Waals surface area contributed by atoms with Crippen LogP contribution < -0.4 is 0 Å². The van der Waals surface area contributed by atoms with E-state index >= 15 is 0 Å². The molecule has 0 saturated carbocycles. The van der Waals surface area contributed by atoms with Gasteiger partial charge in [-0.25, -0.2) is 4.99 Å². The third-order valence-electron chi connectivity index (χ3n) is 5.31. The number of aliphatic imine (C=N–C) groups is 2. The average Bonchev–Trinajstić information content (AvgIpc) is 3.25. The molecular formula is C25H25N3O2S. The van der Waals surface area contributed by atoms with Gasteiger partial charge in [0.1, 0.15) is 5.92 Å². The van der Waals surface area contributed by atoms with Gasteiger partial charge in [-0.05, 0) is 40.6 Å². The minimum atomic E-state index is -0.417. The number of fused-ring (bicyclic) bond motifs is 1. The van der Waals surface area contributed by atoms with Crippen molar-refractivity contribution >= 4 is 34.7 Å². The highest BCUT2D eigenvalue weighted by atomic mass is 32.1. The quantitative estimate of drug-likeness (QED) is 0.682. The summed E-state index contributed by atoms with van der Waals surface area (Å²) in [7, 11) is 0. The van der Waals surface area contributed by atoms with Gasteiger partial charge in [-0.2, -0.15) is 4.99 Å². The number of nitrogens with zero attached hydrogens (tertiary/aromatic N) is 3. The molecule has 2 aromatic rings. The number of rotatable bonds is 5. The molecule has 31 heavy (non-hydrogen) atoms. The van der Waals surface area contributed by atoms with Gasteiger partial charge >= 0.3 is 0 Å². The summed E-state index contributed by atoms with van der Waals surface area (Å²) in [6.45, 7) is 7.05. The predicted octanol–water partition coefficient (Wildman–Crippen LogP) is 4.81. The van der Waals surface area contributed by atoms with Crippen LogP contribution in [0.4, 0.5) is 0 Å². The van der Waals surface area contributed by atoms with E-state index in [2.05, 4.69) is 30.8 Å². The Morgan fingerprint density at radius 2 is 1.84 bits per heavy atom. The second-order valence-corrected chi connectivity index (χ2v) is 9.72. The molecule has 0 saturated heterocycles. The number of amidine groups is 1. The van der Waals surface area contributed by atoms with E-state index in [0.29, 0.717) is 23.7 Å². The summed E-state index contributed by atoms with van der Waals surface area (Å²) in [4.78, 5) is 37.3. The molecule has 4 rings (SSSR count). The smallest absolute Gasteiger partial charge is 0.260 e. The monoisotopic (exact) mass is 431 g/mol. The lowest BCUT2D eigenvalue weighted by Crippen LogP contribution is -2.37. The lowest BCUT2D eigenvalue weighted by atomic mass is 9.86. The zero-order chi connectivity index (χ0) is 22.0. The molecule has 1 aliphatic heterocycles. The first kappa shape index (κ1) is 21.1. The Labute approximate surface area is 186 Å². The second kappa shape index (κ2) is 8.55. The zero-order valence-electron chi connectivity index (χ0n) is 17.9. The van der Waals surface area contributed by atoms with Crippen molar-refractivity contribution in [1.29, 1.82) is 0 Å². The molecule has 0 radical (unpaired) electrons. The molecule has 0 N–H and O–H groups in total. The average molecular weight is 432 g/mol. The summed E-state index contributed by atoms with van der Waals surface area (Å²) in [6.07, 6.45) is 7.31. The molecule has 1 unspecified atom stereocenters. The Morgan fingerprint density at radius 3 is 2.52 bits per heavy atom. The third-order valence-corrected chi connectivity index (χ3v) is 6.17. The van der Waals surface area contributed by atoms with Crippen molar-refractivity contribution in [2.24, 2.45) is 15.9 Å². The van der Waals surface area contributed by atoms with Crippen molar-refractivity contribution in [3.63, 3.8) is 0 Å². The van der Waals surface area contributed by atoms with E-state index in [1.807, 2.05) is 60.0 Å². The maximum Gasteiger partial charge on any atom is 0.260 e. The predicted molar refractivity (Wildman–Crippen MR) is 126 cm³/mol. The zero-order valence-corrected chi connectivity index (χ0v) is 18.7. The van der Waals surface area contributed by atoms with Gasteiger partial charge in [-0.3, -0.25) is 9.59 Å². The van der Waals surface area contributed by atoms with Crippen molar-refractivity contribution in [2.75, 3.05) is 6.54 Å². The number of carbonyl (C=O) groups excluding carboxylic acids is 2. The molecule has 1 aromatic heterocycles. The van der Waals surface area contributed by atoms with Crippen LogP contribution in [0.1, 0.15) is 41.6 Å². The molecule has 158 valence electrons. The maximum absolute atomic E-state index is 13.4. The van der Waals surface area contributed by atoms with E-state index in [9.17, 15) is 9.59 Å². The molecule has 1 aliphatic carbocycles. The van der Waals surface area contributed by atoms with E-state index in [4.69, 9.17) is 0 Å². The van der Waals surface area contributed by atoms with Gasteiger partial charge in [-0.15, -0.1) is 11.3 Å². The molecule has 5 nitrogen and oxygen atoms in total. The number of hydrogen-bond acceptors (Lipinski definition) is 4. The highest BCUT2D eigenvalue weighted by Crippen LogP contribution is 2.23. The number of carbonyl (C=O) groups is 2. The van der Waals surface area contributed by atoms with Crippen LogP contribution in [-0.2, 0) is 16.8 Å². The number of allylic oxidation sites excluding steroid dienone is 3. The van der Waals surface area contributed by atoms with Crippen molar-refractivity contribution < 1.29 is 9.59 Å². The summed E-state index contributed by atoms with van der Waals surface area (Å²) in [5.41, 5.74) is 2.48. The Hall–Kier alpha value is -3.12. The van der Waals surface area contributed by atoms with Crippen LogP contribution in [0, 0.1) is 5.92 Å². The second-order valence-electron chi connectivity index (χ2n) is 8.69. The van der Waals surface area contributed by atoms with E-state index in [0.717, 1.165) is 4.88 Å². The normalized spacial score (nSPS) is 17.8. The Morgan fingerprint density at radius 1 is 1.06 bits per heavy atom. The van der Waals surface area contributed by atoms with Crippen LogP contribution in [0.3, 0.4) is 0 Å². The van der Waals surface area contributed by atoms with Gasteiger partial charge in [0.2, 0.25) is 0 Å². The van der Waals surface area contributed by atoms with E-state index in [1.165, 1.54) is 5.56 Å². The minimum absolute atomic E-state index is 0.0179. The van der Waals surface area contributed by atoms with E-state index in [1.54, 1.807) is 22.3 Å². The first-order chi connectivity index (χ1) is 14.8. The number of hydrogen-bond donors (Lipinski definition) is 0. The van der Waals surface area contributed by atoms with Crippen LogP contribution in [0.2, 0.25) is 0 Å². The topological polar surface area (TPSA) is 62.1 Å². The van der Waals surface area contributed by atoms with Gasteiger partial charge in [0, 0.05) is 10.4 Å². The lowest BCUT2D eigenvalue weighted by Gasteiger charge is -2.25. The molecule has 6 heteroatoms. The largest absolute Gasteiger partial charge is 0.326 e. The van der Waals surface area contributed by atoms with Crippen LogP contribution >= 0.6 is 11.3 Å². The molecular weight excluding hydrogens is 406 g/mol. The Kier molecular flexibility index (Phi) is 5.83. The number of benzene rings is 1. The van der Waals surface area contributed by atoms with Crippen LogP contribution in [0.25, 0.3) is 0 Å². The Bertz CT molecular complexity index is 1100. The van der Waals surface area contributed by atoms with Crippen molar-refractivity contribution in [1.82, 2.24) is 4.90 Å². The summed E-state index contributed by atoms with van der Waals surface area (Å²) in [5, 5.41) is 1.99. The minimum Gasteiger partial charge on any atom is -0.326 e. The Balaban J connectivity index is 1.60. The van der Waals surface area contributed by atoms with Crippen molar-refractivity contribution in [2.45, 2.75) is 32.7 Å². The summed E-state index contributed by atoms with van der Waals surface area (Å²) in [5.74, 6) is -0.392. The first-order valence-electron chi connectivity index (χ1n) is 10.3. The number of thiophene rings is 1. The SMILES string of the molecule is CC(C)(C)c1ccc(C(=O)N(CC2=NC(=O)C3C=CC=CC3=N2)Cc2cccs2)cc1. The first-order valence-corrected chi connectivity index (χ1v) is 11.2. The maximum atomic E-state index is 13.4. The van der Waals surface area contributed by atoms with Gasteiger partial charge in [0.15, 0.2) is 5.84 Å². The summed E-state index contributed by atoms with van der Waals surface area (Å²) < 4.78 is 0. The van der Waals surface area contributed by atoms with Crippen LogP contribution in [0.15, 0.2) is 76.1 Å². The molecule has 0 bridgehead atoms. The lowest BCUT2D eigenvalue weighted by molar-refractivity contribution is -0.118. The van der Waals surface area contributed by atoms with Gasteiger partial charge in [-0.1, -0.05) is 57.2 Å². The third kappa shape index (κ3) is 4.80. The molecule has 2 amide bonds. The molecule has 2 aliphatic rings. The fourth-order valence-corrected chi connectivity index (χ4v) is 4.26. The highest BCUT2D eigenvalue weighted by Gasteiger charge is 2.28. The standard InChI is InChI=1S/C25H25N3O2S/c1-25(2,3)18-12-10-17(11-13-18)24(30)28(15-19-7-6-14-31-19)16-22-26-21-9-5-4-8-20(21)23(29)27-22/h4-14,20H,15-16H2,1-3H3. The highest BCUT2D eigenvalue weighted by molar-refractivity contribution is 7.09. The van der Waals surface area contributed by atoms with Crippen molar-refractivity contribution in [3.05, 3.63) is 82.1 Å². The fraction of sp³-hybridized carbons (Fsp3) is 0.280. The summed E-state index contributed by atoms with van der Waals surface area (Å²) in [6, 6.07) is 11.7. The molecule has 2 heterocycles. The molecule has 0 spiro atoms. The fourth-order valence-electron chi connectivity index (χ4n) is 3.55. The van der Waals surface area contributed by atoms with Crippen LogP contribution in [0.5, 0.6) is 0 Å². The van der Waals surface area contributed by atoms with E-state index < -0.39 is 5.92 Å². The van der Waals surface area contributed by atoms with Gasteiger partial charge in [0.05, 0.1) is 18.8 Å². The van der Waals surface area contributed by atoms with Gasteiger partial charge < -0.3 is 4.90 Å². The molecule has 1 aromatic carbocycles.